The number of pyridine rings is 1. The molecule has 4 rings (SSSR count). The minimum absolute atomic E-state index is 0.136. The van der Waals surface area contributed by atoms with Gasteiger partial charge in [-0.25, -0.2) is 4.98 Å². The number of para-hydroxylation sites is 2. The van der Waals surface area contributed by atoms with Crippen molar-refractivity contribution in [2.45, 2.75) is 6.92 Å². The summed E-state index contributed by atoms with van der Waals surface area (Å²) in [6.45, 7) is 2.05. The molecule has 0 radical (unpaired) electrons. The molecule has 1 heterocycles. The lowest BCUT2D eigenvalue weighted by atomic mass is 10.0. The second-order valence-electron chi connectivity index (χ2n) is 6.26. The van der Waals surface area contributed by atoms with Gasteiger partial charge in [-0.05, 0) is 31.2 Å². The number of hydrogen-bond donors (Lipinski definition) is 1. The maximum absolute atomic E-state index is 12.9. The third-order valence-electron chi connectivity index (χ3n) is 4.34. The largest absolute Gasteiger partial charge is 0.322 e. The number of benzene rings is 3. The van der Waals surface area contributed by atoms with E-state index in [0.717, 1.165) is 27.8 Å². The first-order valence-electron chi connectivity index (χ1n) is 8.54. The Morgan fingerprint density at radius 1 is 0.846 bits per heavy atom. The van der Waals surface area contributed by atoms with Gasteiger partial charge in [-0.3, -0.25) is 4.79 Å². The van der Waals surface area contributed by atoms with E-state index in [9.17, 15) is 4.79 Å². The molecule has 0 unspecified atom stereocenters. The second-order valence-corrected chi connectivity index (χ2v) is 6.26. The first kappa shape index (κ1) is 16.0. The zero-order valence-electron chi connectivity index (χ0n) is 14.4. The van der Waals surface area contributed by atoms with Crippen LogP contribution in [0, 0.1) is 6.92 Å². The Morgan fingerprint density at radius 2 is 1.54 bits per heavy atom. The van der Waals surface area contributed by atoms with Crippen LogP contribution in [0.25, 0.3) is 22.2 Å². The van der Waals surface area contributed by atoms with Gasteiger partial charge in [0.1, 0.15) is 0 Å². The zero-order valence-corrected chi connectivity index (χ0v) is 14.4. The van der Waals surface area contributed by atoms with Crippen molar-refractivity contribution in [1.82, 2.24) is 4.98 Å². The minimum Gasteiger partial charge on any atom is -0.322 e. The molecule has 4 aromatic rings. The molecule has 0 bridgehead atoms. The first-order valence-corrected chi connectivity index (χ1v) is 8.54. The number of amides is 1. The van der Waals surface area contributed by atoms with Gasteiger partial charge in [0.15, 0.2) is 0 Å². The SMILES string of the molecule is Cc1ccc(-c2cc(C(=O)Nc3ccccc3)c3ccccc3n2)cc1. The van der Waals surface area contributed by atoms with Crippen molar-refractivity contribution in [3.8, 4) is 11.3 Å². The number of anilines is 1. The number of aromatic nitrogens is 1. The summed E-state index contributed by atoms with van der Waals surface area (Å²) in [5.41, 5.74) is 5.18. The summed E-state index contributed by atoms with van der Waals surface area (Å²) in [6, 6.07) is 27.2. The van der Waals surface area contributed by atoms with Crippen molar-refractivity contribution in [2.24, 2.45) is 0 Å². The van der Waals surface area contributed by atoms with Crippen LogP contribution in [0.4, 0.5) is 5.69 Å². The van der Waals surface area contributed by atoms with Crippen LogP contribution in [0.5, 0.6) is 0 Å². The van der Waals surface area contributed by atoms with Crippen molar-refractivity contribution >= 4 is 22.5 Å². The van der Waals surface area contributed by atoms with E-state index in [4.69, 9.17) is 4.98 Å². The fourth-order valence-corrected chi connectivity index (χ4v) is 2.96. The average Bonchev–Trinajstić information content (AvgIpc) is 2.68. The average molecular weight is 338 g/mol. The van der Waals surface area contributed by atoms with Crippen LogP contribution in [-0.2, 0) is 0 Å². The highest BCUT2D eigenvalue weighted by Gasteiger charge is 2.14. The molecular weight excluding hydrogens is 320 g/mol. The third-order valence-corrected chi connectivity index (χ3v) is 4.34. The molecule has 1 aromatic heterocycles. The number of hydrogen-bond acceptors (Lipinski definition) is 2. The minimum atomic E-state index is -0.136. The molecule has 3 aromatic carbocycles. The molecule has 0 saturated heterocycles. The molecule has 0 aliphatic rings. The van der Waals surface area contributed by atoms with E-state index < -0.39 is 0 Å². The van der Waals surface area contributed by atoms with Gasteiger partial charge >= 0.3 is 0 Å². The Hall–Kier alpha value is -3.46. The Bertz CT molecular complexity index is 1070. The van der Waals surface area contributed by atoms with Gasteiger partial charge in [0.2, 0.25) is 0 Å². The van der Waals surface area contributed by atoms with Gasteiger partial charge in [0, 0.05) is 16.6 Å². The molecule has 0 aliphatic heterocycles. The summed E-state index contributed by atoms with van der Waals surface area (Å²) in [7, 11) is 0. The highest BCUT2D eigenvalue weighted by atomic mass is 16.1. The van der Waals surface area contributed by atoms with Gasteiger partial charge in [0.25, 0.3) is 5.91 Å². The Morgan fingerprint density at radius 3 is 2.31 bits per heavy atom. The van der Waals surface area contributed by atoms with Crippen LogP contribution < -0.4 is 5.32 Å². The van der Waals surface area contributed by atoms with Crippen LogP contribution in [-0.4, -0.2) is 10.9 Å². The summed E-state index contributed by atoms with van der Waals surface area (Å²) in [4.78, 5) is 17.7. The van der Waals surface area contributed by atoms with Gasteiger partial charge < -0.3 is 5.32 Å². The number of nitrogens with zero attached hydrogens (tertiary/aromatic N) is 1. The van der Waals surface area contributed by atoms with Crippen molar-refractivity contribution in [1.29, 1.82) is 0 Å². The quantitative estimate of drug-likeness (QED) is 0.539. The molecule has 0 fully saturated rings. The molecule has 0 spiro atoms. The molecular formula is C23H18N2O. The maximum Gasteiger partial charge on any atom is 0.256 e. The maximum atomic E-state index is 12.9. The molecule has 3 nitrogen and oxygen atoms in total. The van der Waals surface area contributed by atoms with Crippen molar-refractivity contribution < 1.29 is 4.79 Å². The van der Waals surface area contributed by atoms with Gasteiger partial charge in [-0.1, -0.05) is 66.2 Å². The van der Waals surface area contributed by atoms with E-state index in [2.05, 4.69) is 24.4 Å². The fourth-order valence-electron chi connectivity index (χ4n) is 2.96. The highest BCUT2D eigenvalue weighted by molar-refractivity contribution is 6.13. The van der Waals surface area contributed by atoms with Crippen LogP contribution in [0.1, 0.15) is 15.9 Å². The monoisotopic (exact) mass is 338 g/mol. The molecule has 26 heavy (non-hydrogen) atoms. The Labute approximate surface area is 152 Å². The first-order chi connectivity index (χ1) is 12.7. The smallest absolute Gasteiger partial charge is 0.256 e. The van der Waals surface area contributed by atoms with Gasteiger partial charge in [-0.2, -0.15) is 0 Å². The van der Waals surface area contributed by atoms with Gasteiger partial charge in [0.05, 0.1) is 16.8 Å². The molecule has 1 N–H and O–H groups in total. The molecule has 0 aliphatic carbocycles. The molecule has 0 saturated carbocycles. The normalized spacial score (nSPS) is 10.7. The zero-order chi connectivity index (χ0) is 17.9. The summed E-state index contributed by atoms with van der Waals surface area (Å²) in [5, 5.41) is 3.82. The predicted octanol–water partition coefficient (Wildman–Crippen LogP) is 5.46. The van der Waals surface area contributed by atoms with E-state index in [1.807, 2.05) is 72.8 Å². The third kappa shape index (κ3) is 3.20. The van der Waals surface area contributed by atoms with Crippen LogP contribution in [0.3, 0.4) is 0 Å². The second kappa shape index (κ2) is 6.81. The van der Waals surface area contributed by atoms with E-state index in [0.29, 0.717) is 5.56 Å². The highest BCUT2D eigenvalue weighted by Crippen LogP contribution is 2.26. The van der Waals surface area contributed by atoms with Crippen molar-refractivity contribution in [3.05, 3.63) is 96.1 Å². The summed E-state index contributed by atoms with van der Waals surface area (Å²) < 4.78 is 0. The van der Waals surface area contributed by atoms with E-state index in [1.54, 1.807) is 0 Å². The summed E-state index contributed by atoms with van der Waals surface area (Å²) in [5.74, 6) is -0.136. The standard InChI is InChI=1S/C23H18N2O/c1-16-11-13-17(14-12-16)22-15-20(19-9-5-6-10-21(19)25-22)23(26)24-18-7-3-2-4-8-18/h2-15H,1H3,(H,24,26). The lowest BCUT2D eigenvalue weighted by Gasteiger charge is -2.11. The lowest BCUT2D eigenvalue weighted by molar-refractivity contribution is 0.102. The molecule has 1 amide bonds. The number of aryl methyl sites for hydroxylation is 1. The van der Waals surface area contributed by atoms with Crippen molar-refractivity contribution in [2.75, 3.05) is 5.32 Å². The van der Waals surface area contributed by atoms with Crippen LogP contribution in [0.2, 0.25) is 0 Å². The Kier molecular flexibility index (Phi) is 4.20. The fraction of sp³-hybridized carbons (Fsp3) is 0.0435. The summed E-state index contributed by atoms with van der Waals surface area (Å²) in [6.07, 6.45) is 0. The van der Waals surface area contributed by atoms with Crippen LogP contribution in [0.15, 0.2) is 84.9 Å². The van der Waals surface area contributed by atoms with E-state index in [-0.39, 0.29) is 5.91 Å². The molecule has 3 heteroatoms. The van der Waals surface area contributed by atoms with Crippen molar-refractivity contribution in [3.63, 3.8) is 0 Å². The number of carbonyl (C=O) groups excluding carboxylic acids is 1. The molecule has 126 valence electrons. The lowest BCUT2D eigenvalue weighted by Crippen LogP contribution is -2.13. The number of nitrogens with one attached hydrogen (secondary N) is 1. The van der Waals surface area contributed by atoms with E-state index >= 15 is 0 Å². The number of fused-ring (bicyclic) bond motifs is 1. The predicted molar refractivity (Wildman–Crippen MR) is 106 cm³/mol. The number of rotatable bonds is 3. The number of carbonyl (C=O) groups is 1. The molecule has 0 atom stereocenters. The topological polar surface area (TPSA) is 42.0 Å². The summed E-state index contributed by atoms with van der Waals surface area (Å²) >= 11 is 0. The van der Waals surface area contributed by atoms with Crippen LogP contribution >= 0.6 is 0 Å². The van der Waals surface area contributed by atoms with Gasteiger partial charge in [-0.15, -0.1) is 0 Å². The Balaban J connectivity index is 1.82. The van der Waals surface area contributed by atoms with E-state index in [1.165, 1.54) is 5.56 Å².